The second kappa shape index (κ2) is 4.97. The first-order valence-electron chi connectivity index (χ1n) is 6.19. The fraction of sp³-hybridized carbons (Fsp3) is 0.333. The van der Waals surface area contributed by atoms with Gasteiger partial charge in [0.1, 0.15) is 0 Å². The number of hydrogen-bond donors (Lipinski definition) is 1. The number of nitrogens with zero attached hydrogens (tertiary/aromatic N) is 2. The van der Waals surface area contributed by atoms with Gasteiger partial charge in [0, 0.05) is 18.6 Å². The van der Waals surface area contributed by atoms with Crippen LogP contribution in [0.15, 0.2) is 36.5 Å². The van der Waals surface area contributed by atoms with Gasteiger partial charge in [-0.15, -0.1) is 0 Å². The van der Waals surface area contributed by atoms with Gasteiger partial charge in [-0.1, -0.05) is 18.2 Å². The normalized spacial score (nSPS) is 11.6. The maximum absolute atomic E-state index is 12.4. The van der Waals surface area contributed by atoms with Crippen molar-refractivity contribution >= 4 is 16.8 Å². The van der Waals surface area contributed by atoms with Crippen LogP contribution in [0.4, 0.5) is 0 Å². The average Bonchev–Trinajstić information content (AvgIpc) is 2.45. The number of rotatable bonds is 3. The first-order chi connectivity index (χ1) is 8.95. The Hall–Kier alpha value is -1.94. The van der Waals surface area contributed by atoms with Gasteiger partial charge in [-0.3, -0.25) is 9.78 Å². The van der Waals surface area contributed by atoms with Gasteiger partial charge in [0.15, 0.2) is 0 Å². The molecule has 1 aromatic carbocycles. The van der Waals surface area contributed by atoms with Gasteiger partial charge < -0.3 is 10.0 Å². The van der Waals surface area contributed by atoms with E-state index in [0.29, 0.717) is 5.56 Å². The average molecular weight is 258 g/mol. The van der Waals surface area contributed by atoms with E-state index >= 15 is 0 Å². The molecule has 0 bridgehead atoms. The lowest BCUT2D eigenvalue weighted by atomic mass is 10.0. The summed E-state index contributed by atoms with van der Waals surface area (Å²) < 4.78 is 0. The maximum Gasteiger partial charge on any atom is 0.255 e. The van der Waals surface area contributed by atoms with Crippen LogP contribution in [-0.4, -0.2) is 40.1 Å². The lowest BCUT2D eigenvalue weighted by Crippen LogP contribution is -2.47. The summed E-state index contributed by atoms with van der Waals surface area (Å²) in [5.74, 6) is -0.141. The van der Waals surface area contributed by atoms with E-state index in [1.54, 1.807) is 18.1 Å². The highest BCUT2D eigenvalue weighted by atomic mass is 16.3. The standard InChI is InChI=1S/C15H18N2O2/c1-15(2,10-18)17(3)14(19)12-8-11-6-4-5-7-13(11)16-9-12/h4-9,18H,10H2,1-3H3. The van der Waals surface area contributed by atoms with Crippen molar-refractivity contribution in [2.24, 2.45) is 0 Å². The minimum absolute atomic E-state index is 0.0871. The Balaban J connectivity index is 2.36. The summed E-state index contributed by atoms with van der Waals surface area (Å²) in [6, 6.07) is 9.49. The van der Waals surface area contributed by atoms with Gasteiger partial charge in [0.2, 0.25) is 0 Å². The minimum atomic E-state index is -0.595. The Morgan fingerprint density at radius 1 is 1.37 bits per heavy atom. The number of amides is 1. The Morgan fingerprint density at radius 2 is 2.05 bits per heavy atom. The number of aliphatic hydroxyl groups is 1. The van der Waals surface area contributed by atoms with Gasteiger partial charge in [0.05, 0.1) is 23.2 Å². The third kappa shape index (κ3) is 2.58. The van der Waals surface area contributed by atoms with E-state index in [4.69, 9.17) is 0 Å². The summed E-state index contributed by atoms with van der Waals surface area (Å²) in [4.78, 5) is 18.2. The van der Waals surface area contributed by atoms with Crippen LogP contribution in [0.1, 0.15) is 24.2 Å². The van der Waals surface area contributed by atoms with Crippen LogP contribution in [-0.2, 0) is 0 Å². The van der Waals surface area contributed by atoms with Crippen molar-refractivity contribution in [2.45, 2.75) is 19.4 Å². The SMILES string of the molecule is CN(C(=O)c1cnc2ccccc2c1)C(C)(C)CO. The predicted octanol–water partition coefficient (Wildman–Crippen LogP) is 2.08. The van der Waals surface area contributed by atoms with Gasteiger partial charge >= 0.3 is 0 Å². The van der Waals surface area contributed by atoms with Crippen LogP contribution in [0.5, 0.6) is 0 Å². The largest absolute Gasteiger partial charge is 0.394 e. The summed E-state index contributed by atoms with van der Waals surface area (Å²) in [6.45, 7) is 3.55. The summed E-state index contributed by atoms with van der Waals surface area (Å²) in [6.07, 6.45) is 1.58. The number of aliphatic hydroxyl groups excluding tert-OH is 1. The van der Waals surface area contributed by atoms with Crippen molar-refractivity contribution < 1.29 is 9.90 Å². The highest BCUT2D eigenvalue weighted by molar-refractivity contribution is 5.97. The number of carbonyl (C=O) groups is 1. The fourth-order valence-electron chi connectivity index (χ4n) is 1.76. The lowest BCUT2D eigenvalue weighted by Gasteiger charge is -2.33. The highest BCUT2D eigenvalue weighted by Gasteiger charge is 2.27. The second-order valence-corrected chi connectivity index (χ2v) is 5.25. The molecule has 0 fully saturated rings. The number of pyridine rings is 1. The topological polar surface area (TPSA) is 53.4 Å². The van der Waals surface area contributed by atoms with Crippen LogP contribution in [0.25, 0.3) is 10.9 Å². The first kappa shape index (κ1) is 13.5. The molecule has 1 N–H and O–H groups in total. The number of aromatic nitrogens is 1. The zero-order valence-electron chi connectivity index (χ0n) is 11.4. The van der Waals surface area contributed by atoms with E-state index in [1.165, 1.54) is 0 Å². The maximum atomic E-state index is 12.4. The van der Waals surface area contributed by atoms with Crippen molar-refractivity contribution in [3.05, 3.63) is 42.1 Å². The molecule has 19 heavy (non-hydrogen) atoms. The van der Waals surface area contributed by atoms with Gasteiger partial charge in [-0.05, 0) is 26.0 Å². The molecule has 1 heterocycles. The molecule has 0 radical (unpaired) electrons. The Labute approximate surface area is 112 Å². The number of fused-ring (bicyclic) bond motifs is 1. The lowest BCUT2D eigenvalue weighted by molar-refractivity contribution is 0.0473. The third-order valence-electron chi connectivity index (χ3n) is 3.44. The zero-order valence-corrected chi connectivity index (χ0v) is 11.4. The van der Waals surface area contributed by atoms with E-state index < -0.39 is 5.54 Å². The smallest absolute Gasteiger partial charge is 0.255 e. The van der Waals surface area contributed by atoms with E-state index in [0.717, 1.165) is 10.9 Å². The van der Waals surface area contributed by atoms with Crippen molar-refractivity contribution in [1.82, 2.24) is 9.88 Å². The molecular formula is C15H18N2O2. The number of carbonyl (C=O) groups excluding carboxylic acids is 1. The molecular weight excluding hydrogens is 240 g/mol. The van der Waals surface area contributed by atoms with E-state index in [2.05, 4.69) is 4.98 Å². The van der Waals surface area contributed by atoms with Gasteiger partial charge in [-0.2, -0.15) is 0 Å². The van der Waals surface area contributed by atoms with Crippen LogP contribution in [0.2, 0.25) is 0 Å². The summed E-state index contributed by atoms with van der Waals surface area (Å²) in [7, 11) is 1.69. The highest BCUT2D eigenvalue weighted by Crippen LogP contribution is 2.18. The van der Waals surface area contributed by atoms with Crippen LogP contribution in [0, 0.1) is 0 Å². The van der Waals surface area contributed by atoms with Crippen molar-refractivity contribution in [2.75, 3.05) is 13.7 Å². The molecule has 0 spiro atoms. The molecule has 4 nitrogen and oxygen atoms in total. The van der Waals surface area contributed by atoms with Crippen molar-refractivity contribution in [3.8, 4) is 0 Å². The molecule has 4 heteroatoms. The quantitative estimate of drug-likeness (QED) is 0.917. The zero-order chi connectivity index (χ0) is 14.0. The summed E-state index contributed by atoms with van der Waals surface area (Å²) >= 11 is 0. The molecule has 1 aromatic heterocycles. The van der Waals surface area contributed by atoms with E-state index in [9.17, 15) is 9.90 Å². The second-order valence-electron chi connectivity index (χ2n) is 5.25. The predicted molar refractivity (Wildman–Crippen MR) is 75.0 cm³/mol. The summed E-state index contributed by atoms with van der Waals surface area (Å²) in [5.41, 5.74) is 0.800. The molecule has 0 aliphatic heterocycles. The van der Waals surface area contributed by atoms with Crippen molar-refractivity contribution in [3.63, 3.8) is 0 Å². The number of benzene rings is 1. The number of para-hydroxylation sites is 1. The number of likely N-dealkylation sites (N-methyl/N-ethyl adjacent to an activating group) is 1. The molecule has 0 aliphatic carbocycles. The van der Waals surface area contributed by atoms with E-state index in [1.807, 2.05) is 44.2 Å². The molecule has 0 saturated heterocycles. The number of hydrogen-bond acceptors (Lipinski definition) is 3. The van der Waals surface area contributed by atoms with Crippen LogP contribution >= 0.6 is 0 Å². The molecule has 0 aliphatic rings. The van der Waals surface area contributed by atoms with Gasteiger partial charge in [0.25, 0.3) is 5.91 Å². The summed E-state index contributed by atoms with van der Waals surface area (Å²) in [5, 5.41) is 10.3. The van der Waals surface area contributed by atoms with Crippen LogP contribution in [0.3, 0.4) is 0 Å². The van der Waals surface area contributed by atoms with E-state index in [-0.39, 0.29) is 12.5 Å². The Morgan fingerprint density at radius 3 is 2.74 bits per heavy atom. The molecule has 0 atom stereocenters. The molecule has 0 unspecified atom stereocenters. The fourth-order valence-corrected chi connectivity index (χ4v) is 1.76. The van der Waals surface area contributed by atoms with Crippen molar-refractivity contribution in [1.29, 1.82) is 0 Å². The molecule has 0 saturated carbocycles. The third-order valence-corrected chi connectivity index (χ3v) is 3.44. The molecule has 100 valence electrons. The minimum Gasteiger partial charge on any atom is -0.394 e. The Bertz CT molecular complexity index is 608. The first-order valence-corrected chi connectivity index (χ1v) is 6.19. The molecule has 2 aromatic rings. The van der Waals surface area contributed by atoms with Gasteiger partial charge in [-0.25, -0.2) is 0 Å². The molecule has 1 amide bonds. The van der Waals surface area contributed by atoms with Crippen LogP contribution < -0.4 is 0 Å². The molecule has 2 rings (SSSR count). The monoisotopic (exact) mass is 258 g/mol. The Kier molecular flexibility index (Phi) is 3.53.